The summed E-state index contributed by atoms with van der Waals surface area (Å²) in [4.78, 5) is 33.9. The second-order valence-electron chi connectivity index (χ2n) is 8.93. The normalized spacial score (nSPS) is 14.2. The lowest BCUT2D eigenvalue weighted by Crippen LogP contribution is -2.50. The summed E-state index contributed by atoms with van der Waals surface area (Å²) in [5.41, 5.74) is 5.46. The number of amides is 2. The number of rotatable bonds is 8. The highest BCUT2D eigenvalue weighted by atomic mass is 32.2. The standard InChI is InChI=1S/C27H33N5O2S/c1-4-22-7-5-6-8-24(22)29-25(33)18-30-11-13-31(14-12-30)26(34)19-35-27-28-9-10-32(27)23-16-20(2)15-21(3)17-23/h5-10,15-17H,4,11-14,18-19H2,1-3H3,(H,29,33). The van der Waals surface area contributed by atoms with Gasteiger partial charge in [-0.05, 0) is 55.2 Å². The molecule has 0 atom stereocenters. The van der Waals surface area contributed by atoms with E-state index in [1.807, 2.05) is 39.9 Å². The number of piperazine rings is 1. The number of aryl methyl sites for hydroxylation is 3. The minimum atomic E-state index is -0.0144. The first-order valence-corrected chi connectivity index (χ1v) is 13.0. The van der Waals surface area contributed by atoms with Crippen molar-refractivity contribution in [1.82, 2.24) is 19.4 Å². The molecule has 1 aliphatic heterocycles. The fourth-order valence-electron chi connectivity index (χ4n) is 4.40. The van der Waals surface area contributed by atoms with Crippen molar-refractivity contribution in [2.75, 3.05) is 43.8 Å². The molecule has 8 heteroatoms. The predicted octanol–water partition coefficient (Wildman–Crippen LogP) is 3.93. The lowest BCUT2D eigenvalue weighted by Gasteiger charge is -2.34. The molecule has 1 aliphatic rings. The molecule has 0 aliphatic carbocycles. The summed E-state index contributed by atoms with van der Waals surface area (Å²) in [6.07, 6.45) is 4.58. The Hall–Kier alpha value is -3.10. The zero-order chi connectivity index (χ0) is 24.8. The number of imidazole rings is 1. The summed E-state index contributed by atoms with van der Waals surface area (Å²) >= 11 is 1.46. The van der Waals surface area contributed by atoms with Crippen molar-refractivity contribution < 1.29 is 9.59 Å². The Morgan fingerprint density at radius 1 is 1.03 bits per heavy atom. The molecule has 0 radical (unpaired) electrons. The van der Waals surface area contributed by atoms with Gasteiger partial charge in [0.2, 0.25) is 11.8 Å². The first-order valence-electron chi connectivity index (χ1n) is 12.1. The first-order chi connectivity index (χ1) is 16.9. The molecule has 0 spiro atoms. The Morgan fingerprint density at radius 3 is 2.46 bits per heavy atom. The number of aromatic nitrogens is 2. The zero-order valence-electron chi connectivity index (χ0n) is 20.7. The molecule has 4 rings (SSSR count). The molecule has 1 N–H and O–H groups in total. The van der Waals surface area contributed by atoms with Gasteiger partial charge in [-0.2, -0.15) is 0 Å². The van der Waals surface area contributed by atoms with Gasteiger partial charge in [0, 0.05) is 49.9 Å². The number of hydrogen-bond acceptors (Lipinski definition) is 5. The minimum Gasteiger partial charge on any atom is -0.339 e. The van der Waals surface area contributed by atoms with Crippen LogP contribution in [0.4, 0.5) is 5.69 Å². The molecule has 0 bridgehead atoms. The molecule has 0 unspecified atom stereocenters. The maximum absolute atomic E-state index is 12.9. The summed E-state index contributed by atoms with van der Waals surface area (Å²) in [5, 5.41) is 3.84. The number of carbonyl (C=O) groups excluding carboxylic acids is 2. The van der Waals surface area contributed by atoms with Crippen LogP contribution in [0.2, 0.25) is 0 Å². The van der Waals surface area contributed by atoms with Crippen LogP contribution in [-0.2, 0) is 16.0 Å². The van der Waals surface area contributed by atoms with Gasteiger partial charge in [-0.1, -0.05) is 43.0 Å². The van der Waals surface area contributed by atoms with E-state index >= 15 is 0 Å². The van der Waals surface area contributed by atoms with Gasteiger partial charge < -0.3 is 10.2 Å². The predicted molar refractivity (Wildman–Crippen MR) is 141 cm³/mol. The van der Waals surface area contributed by atoms with Crippen LogP contribution in [0, 0.1) is 13.8 Å². The highest BCUT2D eigenvalue weighted by molar-refractivity contribution is 7.99. The number of carbonyl (C=O) groups is 2. The van der Waals surface area contributed by atoms with E-state index in [0.29, 0.717) is 38.5 Å². The van der Waals surface area contributed by atoms with Crippen LogP contribution in [0.3, 0.4) is 0 Å². The molecule has 184 valence electrons. The van der Waals surface area contributed by atoms with Crippen molar-refractivity contribution >= 4 is 29.3 Å². The number of benzene rings is 2. The number of hydrogen-bond donors (Lipinski definition) is 1. The number of para-hydroxylation sites is 1. The monoisotopic (exact) mass is 491 g/mol. The van der Waals surface area contributed by atoms with Crippen molar-refractivity contribution in [3.8, 4) is 5.69 Å². The third-order valence-corrected chi connectivity index (χ3v) is 7.13. The van der Waals surface area contributed by atoms with Crippen LogP contribution < -0.4 is 5.32 Å². The van der Waals surface area contributed by atoms with E-state index in [1.54, 1.807) is 6.20 Å². The number of nitrogens with one attached hydrogen (secondary N) is 1. The highest BCUT2D eigenvalue weighted by Gasteiger charge is 2.23. The molecule has 0 saturated carbocycles. The fraction of sp³-hybridized carbons (Fsp3) is 0.370. The quantitative estimate of drug-likeness (QED) is 0.484. The van der Waals surface area contributed by atoms with Gasteiger partial charge in [0.15, 0.2) is 5.16 Å². The van der Waals surface area contributed by atoms with Crippen molar-refractivity contribution in [2.45, 2.75) is 32.3 Å². The Kier molecular flexibility index (Phi) is 8.25. The van der Waals surface area contributed by atoms with Gasteiger partial charge in [0.1, 0.15) is 0 Å². The maximum atomic E-state index is 12.9. The third-order valence-electron chi connectivity index (χ3n) is 6.18. The molecular formula is C27H33N5O2S. The van der Waals surface area contributed by atoms with Crippen molar-refractivity contribution in [3.05, 3.63) is 71.5 Å². The van der Waals surface area contributed by atoms with Gasteiger partial charge in [-0.15, -0.1) is 0 Å². The summed E-state index contributed by atoms with van der Waals surface area (Å²) in [6.45, 7) is 9.22. The third kappa shape index (κ3) is 6.52. The molecule has 1 aromatic heterocycles. The van der Waals surface area contributed by atoms with Crippen LogP contribution in [0.5, 0.6) is 0 Å². The van der Waals surface area contributed by atoms with Gasteiger partial charge in [-0.25, -0.2) is 4.98 Å². The topological polar surface area (TPSA) is 70.5 Å². The lowest BCUT2D eigenvalue weighted by molar-refractivity contribution is -0.130. The molecule has 2 amide bonds. The molecule has 1 fully saturated rings. The van der Waals surface area contributed by atoms with E-state index in [-0.39, 0.29) is 11.8 Å². The second kappa shape index (κ2) is 11.6. The smallest absolute Gasteiger partial charge is 0.238 e. The average Bonchev–Trinajstić information content (AvgIpc) is 3.31. The molecule has 3 aromatic rings. The second-order valence-corrected chi connectivity index (χ2v) is 9.87. The Balaban J connectivity index is 1.25. The van der Waals surface area contributed by atoms with Gasteiger partial charge in [0.05, 0.1) is 12.3 Å². The Bertz CT molecular complexity index is 1160. The van der Waals surface area contributed by atoms with E-state index in [0.717, 1.165) is 28.5 Å². The molecule has 35 heavy (non-hydrogen) atoms. The maximum Gasteiger partial charge on any atom is 0.238 e. The van der Waals surface area contributed by atoms with E-state index in [4.69, 9.17) is 0 Å². The Labute approximate surface area is 211 Å². The highest BCUT2D eigenvalue weighted by Crippen LogP contribution is 2.23. The molecule has 2 heterocycles. The van der Waals surface area contributed by atoms with E-state index in [9.17, 15) is 9.59 Å². The largest absolute Gasteiger partial charge is 0.339 e. The van der Waals surface area contributed by atoms with E-state index in [2.05, 4.69) is 54.2 Å². The van der Waals surface area contributed by atoms with Crippen LogP contribution >= 0.6 is 11.8 Å². The van der Waals surface area contributed by atoms with E-state index < -0.39 is 0 Å². The SMILES string of the molecule is CCc1ccccc1NC(=O)CN1CCN(C(=O)CSc2nccn2-c2cc(C)cc(C)c2)CC1. The minimum absolute atomic E-state index is 0.0144. The summed E-state index contributed by atoms with van der Waals surface area (Å²) in [5.74, 6) is 0.432. The van der Waals surface area contributed by atoms with E-state index in [1.165, 1.54) is 22.9 Å². The Morgan fingerprint density at radius 2 is 1.74 bits per heavy atom. The first kappa shape index (κ1) is 25.0. The summed E-state index contributed by atoms with van der Waals surface area (Å²) in [7, 11) is 0. The summed E-state index contributed by atoms with van der Waals surface area (Å²) in [6, 6.07) is 14.3. The van der Waals surface area contributed by atoms with Crippen LogP contribution in [0.1, 0.15) is 23.6 Å². The van der Waals surface area contributed by atoms with Gasteiger partial charge in [0.25, 0.3) is 0 Å². The number of nitrogens with zero attached hydrogens (tertiary/aromatic N) is 4. The zero-order valence-corrected chi connectivity index (χ0v) is 21.5. The van der Waals surface area contributed by atoms with Gasteiger partial charge in [-0.3, -0.25) is 19.1 Å². The van der Waals surface area contributed by atoms with Crippen LogP contribution in [0.25, 0.3) is 5.69 Å². The van der Waals surface area contributed by atoms with Crippen molar-refractivity contribution in [2.24, 2.45) is 0 Å². The number of thioether (sulfide) groups is 1. The van der Waals surface area contributed by atoms with Crippen LogP contribution in [-0.4, -0.2) is 69.6 Å². The molecular weight excluding hydrogens is 458 g/mol. The molecule has 1 saturated heterocycles. The van der Waals surface area contributed by atoms with Crippen molar-refractivity contribution in [1.29, 1.82) is 0 Å². The van der Waals surface area contributed by atoms with Gasteiger partial charge >= 0.3 is 0 Å². The summed E-state index contributed by atoms with van der Waals surface area (Å²) < 4.78 is 2.03. The van der Waals surface area contributed by atoms with Crippen molar-refractivity contribution in [3.63, 3.8) is 0 Å². The lowest BCUT2D eigenvalue weighted by atomic mass is 10.1. The fourth-order valence-corrected chi connectivity index (χ4v) is 5.28. The molecule has 7 nitrogen and oxygen atoms in total. The molecule has 2 aromatic carbocycles. The average molecular weight is 492 g/mol. The number of anilines is 1. The van der Waals surface area contributed by atoms with Crippen LogP contribution in [0.15, 0.2) is 60.0 Å².